The van der Waals surface area contributed by atoms with E-state index in [4.69, 9.17) is 4.42 Å². The first kappa shape index (κ1) is 30.5. The van der Waals surface area contributed by atoms with Crippen molar-refractivity contribution < 1.29 is 4.42 Å². The summed E-state index contributed by atoms with van der Waals surface area (Å²) in [6.45, 7) is 0. The molecule has 0 amide bonds. The highest BCUT2D eigenvalue weighted by atomic mass is 32.1. The van der Waals surface area contributed by atoms with Gasteiger partial charge in [0.15, 0.2) is 0 Å². The Morgan fingerprint density at radius 1 is 0.345 bits per heavy atom. The minimum absolute atomic E-state index is 0.874. The van der Waals surface area contributed by atoms with Gasteiger partial charge < -0.3 is 9.32 Å². The SMILES string of the molecule is c1cc(-c2cc3ccccc3c3ccccc23)cc(N(c2ccc3c(c2)oc2cc4ccccc4cc23)c2ccc3c(c2)sc2ccc4ccccc4c23)c1. The summed E-state index contributed by atoms with van der Waals surface area (Å²) in [6, 6.07) is 68.6. The van der Waals surface area contributed by atoms with E-state index in [0.29, 0.717) is 0 Å². The van der Waals surface area contributed by atoms with Crippen LogP contribution in [0.25, 0.3) is 96.3 Å². The predicted molar refractivity (Wildman–Crippen MR) is 237 cm³/mol. The third kappa shape index (κ3) is 4.73. The van der Waals surface area contributed by atoms with E-state index in [-0.39, 0.29) is 0 Å². The van der Waals surface area contributed by atoms with Crippen LogP contribution in [0.2, 0.25) is 0 Å². The van der Waals surface area contributed by atoms with E-state index in [1.54, 1.807) is 0 Å². The minimum Gasteiger partial charge on any atom is -0.456 e. The minimum atomic E-state index is 0.874. The molecule has 2 heterocycles. The molecule has 0 saturated heterocycles. The maximum Gasteiger partial charge on any atom is 0.137 e. The number of fused-ring (bicyclic) bond motifs is 12. The van der Waals surface area contributed by atoms with Gasteiger partial charge in [0.1, 0.15) is 11.2 Å². The first-order chi connectivity index (χ1) is 27.2. The van der Waals surface area contributed by atoms with Gasteiger partial charge in [0.25, 0.3) is 0 Å². The van der Waals surface area contributed by atoms with Crippen molar-refractivity contribution >= 4 is 114 Å². The van der Waals surface area contributed by atoms with Gasteiger partial charge in [-0.2, -0.15) is 0 Å². The molecule has 0 aliphatic carbocycles. The van der Waals surface area contributed by atoms with E-state index in [2.05, 4.69) is 193 Å². The van der Waals surface area contributed by atoms with Gasteiger partial charge in [-0.15, -0.1) is 11.3 Å². The quantitative estimate of drug-likeness (QED) is 0.169. The number of furan rings is 1. The fraction of sp³-hybridized carbons (Fsp3) is 0. The summed E-state index contributed by atoms with van der Waals surface area (Å²) in [6.07, 6.45) is 0. The Kier molecular flexibility index (Phi) is 6.54. The van der Waals surface area contributed by atoms with Crippen LogP contribution in [0.3, 0.4) is 0 Å². The third-order valence-electron chi connectivity index (χ3n) is 11.4. The van der Waals surface area contributed by atoms with Gasteiger partial charge >= 0.3 is 0 Å². The zero-order valence-corrected chi connectivity index (χ0v) is 30.5. The molecule has 0 radical (unpaired) electrons. The van der Waals surface area contributed by atoms with Crippen molar-refractivity contribution in [2.45, 2.75) is 0 Å². The highest BCUT2D eigenvalue weighted by Crippen LogP contribution is 2.45. The predicted octanol–water partition coefficient (Wildman–Crippen LogP) is 15.7. The topological polar surface area (TPSA) is 16.4 Å². The lowest BCUT2D eigenvalue weighted by Crippen LogP contribution is -2.09. The number of benzene rings is 10. The normalized spacial score (nSPS) is 12.0. The number of hydrogen-bond donors (Lipinski definition) is 0. The number of rotatable bonds is 4. The lowest BCUT2D eigenvalue weighted by molar-refractivity contribution is 0.669. The van der Waals surface area contributed by atoms with Crippen molar-refractivity contribution in [3.8, 4) is 11.1 Å². The fourth-order valence-electron chi connectivity index (χ4n) is 8.82. The molecular weight excluding hydrogens is 687 g/mol. The molecular formula is C52H31NOS. The van der Waals surface area contributed by atoms with E-state index in [1.165, 1.54) is 74.4 Å². The molecule has 55 heavy (non-hydrogen) atoms. The molecule has 0 aliphatic heterocycles. The van der Waals surface area contributed by atoms with Gasteiger partial charge in [-0.3, -0.25) is 0 Å². The van der Waals surface area contributed by atoms with Crippen LogP contribution in [-0.2, 0) is 0 Å². The van der Waals surface area contributed by atoms with Crippen molar-refractivity contribution in [2.24, 2.45) is 0 Å². The van der Waals surface area contributed by atoms with Crippen LogP contribution in [0.5, 0.6) is 0 Å². The highest BCUT2D eigenvalue weighted by molar-refractivity contribution is 7.26. The zero-order chi connectivity index (χ0) is 36.0. The molecule has 0 unspecified atom stereocenters. The molecule has 10 aromatic carbocycles. The van der Waals surface area contributed by atoms with Gasteiger partial charge in [0.2, 0.25) is 0 Å². The van der Waals surface area contributed by atoms with Crippen LogP contribution in [0, 0.1) is 0 Å². The summed E-state index contributed by atoms with van der Waals surface area (Å²) in [5.41, 5.74) is 7.41. The molecule has 12 rings (SSSR count). The average Bonchev–Trinajstić information content (AvgIpc) is 3.80. The van der Waals surface area contributed by atoms with Crippen LogP contribution in [-0.4, -0.2) is 0 Å². The summed E-state index contributed by atoms with van der Waals surface area (Å²) in [7, 11) is 0. The Labute approximate surface area is 320 Å². The maximum absolute atomic E-state index is 6.63. The first-order valence-corrected chi connectivity index (χ1v) is 19.6. The van der Waals surface area contributed by atoms with Crippen LogP contribution >= 0.6 is 11.3 Å². The Morgan fingerprint density at radius 2 is 1.00 bits per heavy atom. The Bertz CT molecular complexity index is 3520. The second-order valence-electron chi connectivity index (χ2n) is 14.5. The highest BCUT2D eigenvalue weighted by Gasteiger charge is 2.19. The fourth-order valence-corrected chi connectivity index (χ4v) is 9.97. The lowest BCUT2D eigenvalue weighted by atomic mass is 9.93. The van der Waals surface area contributed by atoms with E-state index in [1.807, 2.05) is 11.3 Å². The van der Waals surface area contributed by atoms with E-state index in [0.717, 1.165) is 39.0 Å². The van der Waals surface area contributed by atoms with Crippen molar-refractivity contribution in [3.63, 3.8) is 0 Å². The molecule has 3 heteroatoms. The van der Waals surface area contributed by atoms with Crippen LogP contribution in [0.1, 0.15) is 0 Å². The van der Waals surface area contributed by atoms with Crippen LogP contribution < -0.4 is 4.90 Å². The second-order valence-corrected chi connectivity index (χ2v) is 15.6. The molecule has 0 saturated carbocycles. The third-order valence-corrected chi connectivity index (χ3v) is 12.5. The van der Waals surface area contributed by atoms with Gasteiger partial charge in [0, 0.05) is 54.1 Å². The van der Waals surface area contributed by atoms with Crippen molar-refractivity contribution in [1.82, 2.24) is 0 Å². The van der Waals surface area contributed by atoms with Crippen molar-refractivity contribution in [3.05, 3.63) is 188 Å². The molecule has 0 atom stereocenters. The molecule has 0 N–H and O–H groups in total. The lowest BCUT2D eigenvalue weighted by Gasteiger charge is -2.26. The van der Waals surface area contributed by atoms with Gasteiger partial charge in [-0.25, -0.2) is 0 Å². The average molecular weight is 718 g/mol. The Hall–Kier alpha value is -6.94. The molecule has 0 spiro atoms. The molecule has 2 aromatic heterocycles. The summed E-state index contributed by atoms with van der Waals surface area (Å²) >= 11 is 1.86. The number of nitrogens with zero attached hydrogens (tertiary/aromatic N) is 1. The van der Waals surface area contributed by atoms with E-state index < -0.39 is 0 Å². The summed E-state index contributed by atoms with van der Waals surface area (Å²) in [5, 5.41) is 14.9. The van der Waals surface area contributed by atoms with Crippen LogP contribution in [0.4, 0.5) is 17.1 Å². The molecule has 0 fully saturated rings. The smallest absolute Gasteiger partial charge is 0.137 e. The van der Waals surface area contributed by atoms with E-state index >= 15 is 0 Å². The molecule has 2 nitrogen and oxygen atoms in total. The second kappa shape index (κ2) is 11.8. The summed E-state index contributed by atoms with van der Waals surface area (Å²) in [4.78, 5) is 2.39. The monoisotopic (exact) mass is 717 g/mol. The number of hydrogen-bond acceptors (Lipinski definition) is 3. The maximum atomic E-state index is 6.63. The van der Waals surface area contributed by atoms with Crippen LogP contribution in [0.15, 0.2) is 192 Å². The first-order valence-electron chi connectivity index (χ1n) is 18.7. The summed E-state index contributed by atoms with van der Waals surface area (Å²) in [5.74, 6) is 0. The van der Waals surface area contributed by atoms with Crippen molar-refractivity contribution in [1.29, 1.82) is 0 Å². The molecule has 0 aliphatic rings. The van der Waals surface area contributed by atoms with Gasteiger partial charge in [-0.05, 0) is 115 Å². The van der Waals surface area contributed by atoms with Gasteiger partial charge in [0.05, 0.1) is 0 Å². The van der Waals surface area contributed by atoms with Crippen molar-refractivity contribution in [2.75, 3.05) is 4.90 Å². The summed E-state index contributed by atoms with van der Waals surface area (Å²) < 4.78 is 9.20. The van der Waals surface area contributed by atoms with Gasteiger partial charge in [-0.1, -0.05) is 121 Å². The van der Waals surface area contributed by atoms with E-state index in [9.17, 15) is 0 Å². The molecule has 256 valence electrons. The number of anilines is 3. The molecule has 12 aromatic rings. The zero-order valence-electron chi connectivity index (χ0n) is 29.7. The Balaban J connectivity index is 1.08. The standard InChI is InChI=1S/C52H31NOS/c1-2-12-34-29-48-47(27-33(34)11-1)44-23-21-38(30-49(44)54-48)53(39-22-24-45-51(31-39)55-50-25-20-32-10-3-6-17-41(32)52(45)50)37-15-9-14-35(26-37)46-28-36-13-4-5-16-40(36)42-18-7-8-19-43(42)46/h1-31H. The Morgan fingerprint density at radius 3 is 1.85 bits per heavy atom. The number of thiophene rings is 1. The largest absolute Gasteiger partial charge is 0.456 e. The molecule has 0 bridgehead atoms.